The number of esters is 1. The zero-order valence-electron chi connectivity index (χ0n) is 14.2. The Morgan fingerprint density at radius 2 is 1.38 bits per heavy atom. The van der Waals surface area contributed by atoms with E-state index in [0.717, 1.165) is 6.16 Å². The second-order valence-electron chi connectivity index (χ2n) is 5.67. The van der Waals surface area contributed by atoms with E-state index in [1.54, 1.807) is 0 Å². The van der Waals surface area contributed by atoms with Gasteiger partial charge in [0.05, 0.1) is 24.6 Å². The number of carbonyl (C=O) groups is 1. The normalized spacial score (nSPS) is 10.8. The van der Waals surface area contributed by atoms with E-state index in [-0.39, 0.29) is 23.0 Å². The smallest absolute Gasteiger partial charge is 0.330 e. The summed E-state index contributed by atoms with van der Waals surface area (Å²) in [6.07, 6.45) is 14.3. The lowest BCUT2D eigenvalue weighted by Crippen LogP contribution is -3.00. The van der Waals surface area contributed by atoms with Crippen LogP contribution in [0.1, 0.15) is 59.3 Å². The second kappa shape index (κ2) is 15.0. The molecule has 4 heteroatoms. The maximum absolute atomic E-state index is 11.2. The standard InChI is InChI=1S/C17H34O2P.BrH/c1-5-9-13-20(14-10-6-2,15-11-7-3)16-12-19-17(18)8-4;/h8H,4-7,9-16H2,1-3H3;1H/q+1;/p-1. The van der Waals surface area contributed by atoms with Gasteiger partial charge in [0, 0.05) is 13.3 Å². The number of hydrogen-bond acceptors (Lipinski definition) is 2. The molecule has 0 aliphatic heterocycles. The van der Waals surface area contributed by atoms with Crippen molar-refractivity contribution in [2.75, 3.05) is 31.3 Å². The van der Waals surface area contributed by atoms with Crippen LogP contribution in [0.5, 0.6) is 0 Å². The predicted octanol–water partition coefficient (Wildman–Crippen LogP) is 2.14. The van der Waals surface area contributed by atoms with Crippen molar-refractivity contribution in [3.8, 4) is 0 Å². The molecule has 0 rings (SSSR count). The van der Waals surface area contributed by atoms with Gasteiger partial charge >= 0.3 is 5.97 Å². The zero-order chi connectivity index (χ0) is 15.3. The molecule has 21 heavy (non-hydrogen) atoms. The lowest BCUT2D eigenvalue weighted by Gasteiger charge is -2.27. The van der Waals surface area contributed by atoms with Gasteiger partial charge in [-0.2, -0.15) is 0 Å². The number of rotatable bonds is 13. The van der Waals surface area contributed by atoms with E-state index < -0.39 is 7.26 Å². The maximum Gasteiger partial charge on any atom is 0.330 e. The fourth-order valence-electron chi connectivity index (χ4n) is 2.55. The summed E-state index contributed by atoms with van der Waals surface area (Å²) < 4.78 is 5.26. The second-order valence-corrected chi connectivity index (χ2v) is 10.1. The fraction of sp³-hybridized carbons (Fsp3) is 0.824. The molecule has 0 amide bonds. The summed E-state index contributed by atoms with van der Waals surface area (Å²) in [6.45, 7) is 10.9. The molecule has 0 aromatic heterocycles. The minimum absolute atomic E-state index is 0. The van der Waals surface area contributed by atoms with Gasteiger partial charge in [-0.05, 0) is 19.3 Å². The van der Waals surface area contributed by atoms with Crippen molar-refractivity contribution in [1.29, 1.82) is 0 Å². The first kappa shape index (κ1) is 23.4. The molecule has 0 bridgehead atoms. The van der Waals surface area contributed by atoms with Gasteiger partial charge in [-0.15, -0.1) is 0 Å². The highest BCUT2D eigenvalue weighted by Crippen LogP contribution is 2.60. The average molecular weight is 381 g/mol. The molecule has 0 aliphatic carbocycles. The van der Waals surface area contributed by atoms with Crippen LogP contribution >= 0.6 is 7.26 Å². The van der Waals surface area contributed by atoms with Crippen molar-refractivity contribution in [3.63, 3.8) is 0 Å². The largest absolute Gasteiger partial charge is 1.00 e. The van der Waals surface area contributed by atoms with Crippen LogP contribution in [0.3, 0.4) is 0 Å². The molecule has 0 unspecified atom stereocenters. The monoisotopic (exact) mass is 380 g/mol. The Morgan fingerprint density at radius 1 is 0.952 bits per heavy atom. The van der Waals surface area contributed by atoms with Crippen molar-refractivity contribution in [1.82, 2.24) is 0 Å². The van der Waals surface area contributed by atoms with Gasteiger partial charge in [-0.25, -0.2) is 4.79 Å². The van der Waals surface area contributed by atoms with E-state index in [1.807, 2.05) is 0 Å². The number of ether oxygens (including phenoxy) is 1. The molecule has 0 heterocycles. The van der Waals surface area contributed by atoms with Crippen LogP contribution in [0.4, 0.5) is 0 Å². The first-order valence-corrected chi connectivity index (χ1v) is 10.8. The molecule has 0 aromatic rings. The van der Waals surface area contributed by atoms with E-state index in [9.17, 15) is 4.79 Å². The van der Waals surface area contributed by atoms with Crippen molar-refractivity contribution in [2.45, 2.75) is 59.3 Å². The van der Waals surface area contributed by atoms with E-state index in [0.29, 0.717) is 6.61 Å². The minimum Gasteiger partial charge on any atom is -1.00 e. The molecule has 0 saturated heterocycles. The fourth-order valence-corrected chi connectivity index (χ4v) is 7.33. The average Bonchev–Trinajstić information content (AvgIpc) is 2.48. The van der Waals surface area contributed by atoms with Crippen molar-refractivity contribution < 1.29 is 26.5 Å². The Morgan fingerprint density at radius 3 is 1.71 bits per heavy atom. The number of hydrogen-bond donors (Lipinski definition) is 0. The third-order valence-electron chi connectivity index (χ3n) is 3.93. The van der Waals surface area contributed by atoms with Crippen LogP contribution in [-0.2, 0) is 9.53 Å². The molecule has 0 aromatic carbocycles. The van der Waals surface area contributed by atoms with E-state index in [2.05, 4.69) is 27.4 Å². The summed E-state index contributed by atoms with van der Waals surface area (Å²) in [4.78, 5) is 11.2. The molecule has 126 valence electrons. The first-order chi connectivity index (χ1) is 9.64. The lowest BCUT2D eigenvalue weighted by molar-refractivity contribution is -0.137. The van der Waals surface area contributed by atoms with Gasteiger partial charge < -0.3 is 21.7 Å². The Bertz CT molecular complexity index is 248. The van der Waals surface area contributed by atoms with Crippen LogP contribution in [-0.4, -0.2) is 37.2 Å². The number of carbonyl (C=O) groups excluding carboxylic acids is 1. The van der Waals surface area contributed by atoms with Gasteiger partial charge in [0.2, 0.25) is 0 Å². The Hall–Kier alpha value is 0.120. The van der Waals surface area contributed by atoms with Crippen LogP contribution in [0.25, 0.3) is 0 Å². The summed E-state index contributed by atoms with van der Waals surface area (Å²) in [5.41, 5.74) is 0. The van der Waals surface area contributed by atoms with Crippen LogP contribution < -0.4 is 17.0 Å². The highest BCUT2D eigenvalue weighted by Gasteiger charge is 2.35. The highest BCUT2D eigenvalue weighted by atomic mass is 79.9. The highest BCUT2D eigenvalue weighted by molar-refractivity contribution is 7.75. The number of unbranched alkanes of at least 4 members (excludes halogenated alkanes) is 3. The van der Waals surface area contributed by atoms with Gasteiger partial charge in [0.1, 0.15) is 6.61 Å². The molecule has 0 radical (unpaired) electrons. The van der Waals surface area contributed by atoms with Crippen molar-refractivity contribution >= 4 is 13.2 Å². The van der Waals surface area contributed by atoms with Crippen molar-refractivity contribution in [2.24, 2.45) is 0 Å². The molecular weight excluding hydrogens is 347 g/mol. The summed E-state index contributed by atoms with van der Waals surface area (Å²) in [5.74, 6) is -0.274. The summed E-state index contributed by atoms with van der Waals surface area (Å²) in [7, 11) is -0.924. The van der Waals surface area contributed by atoms with Crippen LogP contribution in [0.15, 0.2) is 12.7 Å². The summed E-state index contributed by atoms with van der Waals surface area (Å²) in [6, 6.07) is 0. The van der Waals surface area contributed by atoms with E-state index in [4.69, 9.17) is 4.74 Å². The molecule has 0 N–H and O–H groups in total. The van der Waals surface area contributed by atoms with Gasteiger partial charge in [0.15, 0.2) is 0 Å². The molecule has 0 saturated carbocycles. The maximum atomic E-state index is 11.2. The Kier molecular flexibility index (Phi) is 16.7. The van der Waals surface area contributed by atoms with E-state index in [1.165, 1.54) is 63.1 Å². The zero-order valence-corrected chi connectivity index (χ0v) is 16.7. The molecule has 0 spiro atoms. The molecule has 2 nitrogen and oxygen atoms in total. The van der Waals surface area contributed by atoms with Crippen LogP contribution in [0.2, 0.25) is 0 Å². The molecular formula is C17H34BrO2P. The van der Waals surface area contributed by atoms with Gasteiger partial charge in [-0.3, -0.25) is 0 Å². The topological polar surface area (TPSA) is 26.3 Å². The van der Waals surface area contributed by atoms with Crippen molar-refractivity contribution in [3.05, 3.63) is 12.7 Å². The third-order valence-corrected chi connectivity index (χ3v) is 8.86. The summed E-state index contributed by atoms with van der Waals surface area (Å²) in [5, 5.41) is 0. The van der Waals surface area contributed by atoms with Gasteiger partial charge in [-0.1, -0.05) is 46.6 Å². The molecule has 0 aliphatic rings. The van der Waals surface area contributed by atoms with Crippen LogP contribution in [0, 0.1) is 0 Å². The quantitative estimate of drug-likeness (QED) is 0.278. The Labute approximate surface area is 143 Å². The Balaban J connectivity index is 0. The minimum atomic E-state index is -0.924. The SMILES string of the molecule is C=CC(=O)OCC[P+](CCCC)(CCCC)CCCC.[Br-]. The third kappa shape index (κ3) is 11.4. The van der Waals surface area contributed by atoms with E-state index >= 15 is 0 Å². The molecule has 0 fully saturated rings. The number of halogens is 1. The lowest BCUT2D eigenvalue weighted by atomic mass is 10.4. The summed E-state index contributed by atoms with van der Waals surface area (Å²) >= 11 is 0. The van der Waals surface area contributed by atoms with Gasteiger partial charge in [0.25, 0.3) is 0 Å². The predicted molar refractivity (Wildman–Crippen MR) is 92.3 cm³/mol. The first-order valence-electron chi connectivity index (χ1n) is 8.28. The molecule has 0 atom stereocenters.